The lowest BCUT2D eigenvalue weighted by atomic mass is 9.89. The van der Waals surface area contributed by atoms with Gasteiger partial charge >= 0.3 is 0 Å². The number of hydrogen-bond donors (Lipinski definition) is 1. The van der Waals surface area contributed by atoms with E-state index in [1.54, 1.807) is 0 Å². The molecule has 0 radical (unpaired) electrons. The summed E-state index contributed by atoms with van der Waals surface area (Å²) in [7, 11) is 0. The summed E-state index contributed by atoms with van der Waals surface area (Å²) >= 11 is 0. The molecule has 0 aromatic carbocycles. The first-order valence-corrected chi connectivity index (χ1v) is 8.45. The smallest absolute Gasteiger partial charge is 0.240 e. The van der Waals surface area contributed by atoms with Crippen LogP contribution in [0, 0.1) is 11.8 Å². The predicted octanol–water partition coefficient (Wildman–Crippen LogP) is 1.63. The zero-order valence-electron chi connectivity index (χ0n) is 13.6. The molecule has 1 aromatic heterocycles. The molecule has 2 fully saturated rings. The number of nitrogens with zero attached hydrogens (tertiary/aromatic N) is 3. The molecule has 6 nitrogen and oxygen atoms in total. The highest BCUT2D eigenvalue weighted by atomic mass is 16.5. The van der Waals surface area contributed by atoms with Crippen molar-refractivity contribution in [3.63, 3.8) is 0 Å². The summed E-state index contributed by atoms with van der Waals surface area (Å²) in [6, 6.07) is 0.357. The van der Waals surface area contributed by atoms with E-state index in [0.29, 0.717) is 37.6 Å². The van der Waals surface area contributed by atoms with Gasteiger partial charge in [-0.3, -0.25) is 4.90 Å². The molecule has 0 amide bonds. The lowest BCUT2D eigenvalue weighted by Crippen LogP contribution is -2.45. The van der Waals surface area contributed by atoms with Crippen LogP contribution in [0.4, 0.5) is 0 Å². The van der Waals surface area contributed by atoms with Crippen molar-refractivity contribution >= 4 is 0 Å². The van der Waals surface area contributed by atoms with Crippen molar-refractivity contribution in [2.24, 2.45) is 11.8 Å². The molecule has 3 atom stereocenters. The van der Waals surface area contributed by atoms with E-state index in [4.69, 9.17) is 9.26 Å². The normalized spacial score (nSPS) is 30.3. The van der Waals surface area contributed by atoms with E-state index >= 15 is 0 Å². The van der Waals surface area contributed by atoms with Crippen LogP contribution in [0.3, 0.4) is 0 Å². The van der Waals surface area contributed by atoms with Crippen LogP contribution in [0.2, 0.25) is 0 Å². The van der Waals surface area contributed by atoms with Gasteiger partial charge in [-0.2, -0.15) is 4.98 Å². The summed E-state index contributed by atoms with van der Waals surface area (Å²) in [5, 5.41) is 14.3. The van der Waals surface area contributed by atoms with Gasteiger partial charge in [-0.15, -0.1) is 0 Å². The van der Waals surface area contributed by atoms with E-state index in [1.165, 1.54) is 0 Å². The van der Waals surface area contributed by atoms with Gasteiger partial charge in [0.25, 0.3) is 0 Å². The number of aliphatic hydroxyl groups is 1. The Morgan fingerprint density at radius 3 is 3.00 bits per heavy atom. The molecule has 0 bridgehead atoms. The molecule has 0 spiro atoms. The summed E-state index contributed by atoms with van der Waals surface area (Å²) in [5.74, 6) is 2.21. The van der Waals surface area contributed by atoms with Crippen molar-refractivity contribution in [1.82, 2.24) is 15.0 Å². The summed E-state index contributed by atoms with van der Waals surface area (Å²) in [6.07, 6.45) is 3.60. The Labute approximate surface area is 131 Å². The molecule has 0 unspecified atom stereocenters. The highest BCUT2D eigenvalue weighted by Gasteiger charge is 2.38. The minimum Gasteiger partial charge on any atom is -0.393 e. The van der Waals surface area contributed by atoms with Gasteiger partial charge in [-0.05, 0) is 31.7 Å². The molecule has 0 saturated carbocycles. The van der Waals surface area contributed by atoms with Gasteiger partial charge in [-0.1, -0.05) is 19.0 Å². The summed E-state index contributed by atoms with van der Waals surface area (Å²) in [5.41, 5.74) is 0. The molecule has 1 N–H and O–H groups in total. The zero-order valence-corrected chi connectivity index (χ0v) is 13.6. The first-order valence-electron chi connectivity index (χ1n) is 8.45. The number of rotatable bonds is 5. The summed E-state index contributed by atoms with van der Waals surface area (Å²) in [6.45, 7) is 7.33. The lowest BCUT2D eigenvalue weighted by molar-refractivity contribution is -0.0644. The van der Waals surface area contributed by atoms with Crippen molar-refractivity contribution in [2.45, 2.75) is 58.2 Å². The monoisotopic (exact) mass is 309 g/mol. The molecule has 22 heavy (non-hydrogen) atoms. The number of hydrogen-bond acceptors (Lipinski definition) is 6. The van der Waals surface area contributed by atoms with E-state index < -0.39 is 0 Å². The largest absolute Gasteiger partial charge is 0.393 e. The van der Waals surface area contributed by atoms with Crippen LogP contribution in [-0.2, 0) is 17.7 Å². The lowest BCUT2D eigenvalue weighted by Gasteiger charge is -2.36. The van der Waals surface area contributed by atoms with Crippen LogP contribution in [0.25, 0.3) is 0 Å². The van der Waals surface area contributed by atoms with Crippen molar-refractivity contribution in [3.05, 3.63) is 11.7 Å². The maximum Gasteiger partial charge on any atom is 0.240 e. The van der Waals surface area contributed by atoms with Crippen LogP contribution in [0.1, 0.15) is 44.8 Å². The van der Waals surface area contributed by atoms with Gasteiger partial charge in [0.15, 0.2) is 5.82 Å². The fourth-order valence-corrected chi connectivity index (χ4v) is 3.63. The van der Waals surface area contributed by atoms with Gasteiger partial charge in [0, 0.05) is 25.0 Å². The third kappa shape index (κ3) is 3.67. The first kappa shape index (κ1) is 15.9. The van der Waals surface area contributed by atoms with E-state index in [9.17, 15) is 5.11 Å². The second-order valence-electron chi connectivity index (χ2n) is 6.98. The van der Waals surface area contributed by atoms with E-state index in [0.717, 1.165) is 38.1 Å². The summed E-state index contributed by atoms with van der Waals surface area (Å²) < 4.78 is 11.0. The maximum atomic E-state index is 10.3. The Morgan fingerprint density at radius 1 is 1.36 bits per heavy atom. The second kappa shape index (κ2) is 7.06. The molecule has 6 heteroatoms. The van der Waals surface area contributed by atoms with Crippen LogP contribution in [0.5, 0.6) is 0 Å². The Hall–Kier alpha value is -0.980. The van der Waals surface area contributed by atoms with E-state index in [1.807, 2.05) is 0 Å². The standard InChI is InChI=1S/C16H27N3O3/c1-11(2)8-15-17-16(22-18-15)9-19-6-3-4-13(19)12-10-21-7-5-14(12)20/h11-14,20H,3-10H2,1-2H3/t12-,13-,14+/m1/s1. The molecule has 124 valence electrons. The number of aliphatic hydroxyl groups excluding tert-OH is 1. The molecule has 2 aliphatic rings. The topological polar surface area (TPSA) is 71.6 Å². The molecule has 3 heterocycles. The summed E-state index contributed by atoms with van der Waals surface area (Å²) in [4.78, 5) is 6.87. The van der Waals surface area contributed by atoms with Gasteiger partial charge in [-0.25, -0.2) is 0 Å². The van der Waals surface area contributed by atoms with Crippen molar-refractivity contribution in [3.8, 4) is 0 Å². The highest BCUT2D eigenvalue weighted by molar-refractivity contribution is 4.93. The molecule has 1 aromatic rings. The SMILES string of the molecule is CC(C)Cc1noc(CN2CCC[C@@H]2[C@H]2COCC[C@@H]2O)n1. The van der Waals surface area contributed by atoms with Gasteiger partial charge in [0.05, 0.1) is 19.3 Å². The number of ether oxygens (including phenoxy) is 1. The van der Waals surface area contributed by atoms with Gasteiger partial charge in [0.1, 0.15) is 0 Å². The van der Waals surface area contributed by atoms with Gasteiger partial charge < -0.3 is 14.4 Å². The molecule has 3 rings (SSSR count). The minimum absolute atomic E-state index is 0.203. The molecular weight excluding hydrogens is 282 g/mol. The molecule has 0 aliphatic carbocycles. The van der Waals surface area contributed by atoms with Crippen LogP contribution >= 0.6 is 0 Å². The zero-order chi connectivity index (χ0) is 15.5. The molecule has 2 saturated heterocycles. The fraction of sp³-hybridized carbons (Fsp3) is 0.875. The number of likely N-dealkylation sites (tertiary alicyclic amines) is 1. The van der Waals surface area contributed by atoms with Crippen LogP contribution in [0.15, 0.2) is 4.52 Å². The highest BCUT2D eigenvalue weighted by Crippen LogP contribution is 2.30. The predicted molar refractivity (Wildman–Crippen MR) is 81.2 cm³/mol. The average Bonchev–Trinajstić information content (AvgIpc) is 3.09. The average molecular weight is 309 g/mol. The second-order valence-corrected chi connectivity index (χ2v) is 6.98. The Morgan fingerprint density at radius 2 is 2.23 bits per heavy atom. The quantitative estimate of drug-likeness (QED) is 0.891. The molecular formula is C16H27N3O3. The van der Waals surface area contributed by atoms with Crippen molar-refractivity contribution < 1.29 is 14.4 Å². The van der Waals surface area contributed by atoms with E-state index in [2.05, 4.69) is 28.9 Å². The Bertz CT molecular complexity index is 477. The number of aromatic nitrogens is 2. The van der Waals surface area contributed by atoms with Crippen molar-refractivity contribution in [2.75, 3.05) is 19.8 Å². The Balaban J connectivity index is 1.62. The maximum absolute atomic E-state index is 10.3. The molecule has 2 aliphatic heterocycles. The fourth-order valence-electron chi connectivity index (χ4n) is 3.63. The van der Waals surface area contributed by atoms with Crippen molar-refractivity contribution in [1.29, 1.82) is 0 Å². The van der Waals surface area contributed by atoms with Gasteiger partial charge in [0.2, 0.25) is 5.89 Å². The van der Waals surface area contributed by atoms with Crippen LogP contribution in [-0.4, -0.2) is 52.1 Å². The van der Waals surface area contributed by atoms with E-state index in [-0.39, 0.29) is 12.0 Å². The first-order chi connectivity index (χ1) is 10.6. The third-order valence-corrected chi connectivity index (χ3v) is 4.71. The third-order valence-electron chi connectivity index (χ3n) is 4.71. The Kier molecular flexibility index (Phi) is 5.10. The van der Waals surface area contributed by atoms with Crippen LogP contribution < -0.4 is 0 Å². The minimum atomic E-state index is -0.251.